The molecule has 0 atom stereocenters. The highest BCUT2D eigenvalue weighted by molar-refractivity contribution is 5.97. The largest absolute Gasteiger partial charge is 0.497 e. The Morgan fingerprint density at radius 2 is 2.00 bits per heavy atom. The molecule has 172 valence electrons. The van der Waals surface area contributed by atoms with Crippen LogP contribution in [0.2, 0.25) is 0 Å². The van der Waals surface area contributed by atoms with Gasteiger partial charge in [0.25, 0.3) is 5.91 Å². The quantitative estimate of drug-likeness (QED) is 0.426. The number of nitrogens with zero attached hydrogens (tertiary/aromatic N) is 3. The van der Waals surface area contributed by atoms with Gasteiger partial charge in [0.15, 0.2) is 5.65 Å². The van der Waals surface area contributed by atoms with E-state index in [1.165, 1.54) is 5.56 Å². The standard InChI is InChI=1S/C25H24N6O3/c1-34-20-7-5-16(6-8-20)12-27-24(32)17-3-2-4-19(11-17)29-25(33)31-10-9-21-18(15-31)13-26-23-22(21)14-28-30-23/h2-8,11,13-14H,9-10,12,15H2,1H3,(H,27,32)(H,29,33)(H,26,28,30). The van der Waals surface area contributed by atoms with Crippen LogP contribution in [0.4, 0.5) is 10.5 Å². The van der Waals surface area contributed by atoms with Gasteiger partial charge >= 0.3 is 6.03 Å². The third-order valence-electron chi connectivity index (χ3n) is 5.95. The second-order valence-corrected chi connectivity index (χ2v) is 8.11. The molecule has 5 rings (SSSR count). The van der Waals surface area contributed by atoms with Crippen molar-refractivity contribution in [1.29, 1.82) is 0 Å². The molecule has 0 saturated heterocycles. The lowest BCUT2D eigenvalue weighted by Crippen LogP contribution is -2.39. The monoisotopic (exact) mass is 456 g/mol. The summed E-state index contributed by atoms with van der Waals surface area (Å²) < 4.78 is 5.15. The topological polar surface area (TPSA) is 112 Å². The number of hydrogen-bond donors (Lipinski definition) is 3. The summed E-state index contributed by atoms with van der Waals surface area (Å²) in [5, 5.41) is 13.8. The van der Waals surface area contributed by atoms with E-state index in [0.29, 0.717) is 30.9 Å². The Labute approximate surface area is 196 Å². The normalized spacial score (nSPS) is 12.8. The van der Waals surface area contributed by atoms with E-state index in [2.05, 4.69) is 25.8 Å². The number of anilines is 1. The van der Waals surface area contributed by atoms with E-state index >= 15 is 0 Å². The fourth-order valence-electron chi connectivity index (χ4n) is 4.10. The van der Waals surface area contributed by atoms with Crippen molar-refractivity contribution in [3.05, 3.63) is 83.2 Å². The van der Waals surface area contributed by atoms with Crippen LogP contribution in [0.15, 0.2) is 60.9 Å². The lowest BCUT2D eigenvalue weighted by molar-refractivity contribution is 0.0951. The van der Waals surface area contributed by atoms with Gasteiger partial charge in [-0.2, -0.15) is 5.10 Å². The van der Waals surface area contributed by atoms with Crippen molar-refractivity contribution in [2.45, 2.75) is 19.5 Å². The van der Waals surface area contributed by atoms with E-state index in [9.17, 15) is 9.59 Å². The summed E-state index contributed by atoms with van der Waals surface area (Å²) >= 11 is 0. The van der Waals surface area contributed by atoms with Gasteiger partial charge in [-0.3, -0.25) is 9.89 Å². The number of ether oxygens (including phenoxy) is 1. The van der Waals surface area contributed by atoms with Crippen molar-refractivity contribution in [2.75, 3.05) is 19.0 Å². The van der Waals surface area contributed by atoms with Gasteiger partial charge in [0, 0.05) is 42.5 Å². The van der Waals surface area contributed by atoms with Gasteiger partial charge in [0.2, 0.25) is 0 Å². The van der Waals surface area contributed by atoms with E-state index in [-0.39, 0.29) is 11.9 Å². The molecular formula is C25H24N6O3. The van der Waals surface area contributed by atoms with Gasteiger partial charge < -0.3 is 20.3 Å². The van der Waals surface area contributed by atoms with Crippen molar-refractivity contribution in [3.8, 4) is 5.75 Å². The molecule has 0 aliphatic carbocycles. The number of nitrogens with one attached hydrogen (secondary N) is 3. The molecule has 0 fully saturated rings. The number of aromatic amines is 1. The third-order valence-corrected chi connectivity index (χ3v) is 5.95. The van der Waals surface area contributed by atoms with Crippen molar-refractivity contribution in [1.82, 2.24) is 25.4 Å². The van der Waals surface area contributed by atoms with Gasteiger partial charge in [-0.05, 0) is 53.4 Å². The minimum Gasteiger partial charge on any atom is -0.497 e. The molecule has 0 saturated carbocycles. The van der Waals surface area contributed by atoms with Crippen molar-refractivity contribution >= 4 is 28.7 Å². The Hall–Kier alpha value is -4.40. The van der Waals surface area contributed by atoms with E-state index in [1.54, 1.807) is 48.7 Å². The maximum Gasteiger partial charge on any atom is 0.322 e. The van der Waals surface area contributed by atoms with Crippen LogP contribution in [0.3, 0.4) is 0 Å². The molecule has 1 aliphatic rings. The number of methoxy groups -OCH3 is 1. The summed E-state index contributed by atoms with van der Waals surface area (Å²) in [6, 6.07) is 14.2. The van der Waals surface area contributed by atoms with E-state index in [4.69, 9.17) is 4.74 Å². The van der Waals surface area contributed by atoms with Crippen LogP contribution in [0.5, 0.6) is 5.75 Å². The first-order valence-corrected chi connectivity index (χ1v) is 11.0. The molecule has 9 nitrogen and oxygen atoms in total. The average molecular weight is 457 g/mol. The van der Waals surface area contributed by atoms with Crippen LogP contribution >= 0.6 is 0 Å². The van der Waals surface area contributed by atoms with Gasteiger partial charge in [-0.1, -0.05) is 18.2 Å². The number of pyridine rings is 1. The van der Waals surface area contributed by atoms with Crippen molar-refractivity contribution in [2.24, 2.45) is 0 Å². The zero-order chi connectivity index (χ0) is 23.5. The van der Waals surface area contributed by atoms with E-state index in [0.717, 1.165) is 34.3 Å². The second kappa shape index (κ2) is 9.22. The minimum absolute atomic E-state index is 0.214. The number of carbonyl (C=O) groups excluding carboxylic acids is 2. The summed E-state index contributed by atoms with van der Waals surface area (Å²) in [5.74, 6) is 0.552. The zero-order valence-electron chi connectivity index (χ0n) is 18.7. The number of amides is 3. The number of urea groups is 1. The third kappa shape index (κ3) is 4.40. The molecule has 3 heterocycles. The Bertz CT molecular complexity index is 1350. The molecule has 3 amide bonds. The number of carbonyl (C=O) groups is 2. The predicted molar refractivity (Wildman–Crippen MR) is 128 cm³/mol. The van der Waals surface area contributed by atoms with Crippen molar-refractivity contribution in [3.63, 3.8) is 0 Å². The summed E-state index contributed by atoms with van der Waals surface area (Å²) in [7, 11) is 1.61. The lowest BCUT2D eigenvalue weighted by atomic mass is 9.99. The van der Waals surface area contributed by atoms with Gasteiger partial charge in [0.05, 0.1) is 13.3 Å². The summed E-state index contributed by atoms with van der Waals surface area (Å²) in [6.45, 7) is 1.45. The molecule has 0 bridgehead atoms. The van der Waals surface area contributed by atoms with Crippen molar-refractivity contribution < 1.29 is 14.3 Å². The Balaban J connectivity index is 1.21. The number of aromatic nitrogens is 3. The summed E-state index contributed by atoms with van der Waals surface area (Å²) in [4.78, 5) is 31.7. The fourth-order valence-corrected chi connectivity index (χ4v) is 4.10. The first kappa shape index (κ1) is 21.4. The van der Waals surface area contributed by atoms with Crippen LogP contribution < -0.4 is 15.4 Å². The molecule has 0 unspecified atom stereocenters. The smallest absolute Gasteiger partial charge is 0.322 e. The molecule has 4 aromatic rings. The molecule has 3 N–H and O–H groups in total. The molecule has 0 radical (unpaired) electrons. The maximum atomic E-state index is 12.9. The van der Waals surface area contributed by atoms with Crippen LogP contribution in [0.1, 0.15) is 27.0 Å². The van der Waals surface area contributed by atoms with Crippen LogP contribution in [0.25, 0.3) is 11.0 Å². The van der Waals surface area contributed by atoms with E-state index in [1.807, 2.05) is 24.3 Å². The molecule has 34 heavy (non-hydrogen) atoms. The number of H-pyrrole nitrogens is 1. The van der Waals surface area contributed by atoms with Crippen LogP contribution in [0, 0.1) is 0 Å². The fraction of sp³-hybridized carbons (Fsp3) is 0.200. The van der Waals surface area contributed by atoms with Gasteiger partial charge in [-0.15, -0.1) is 0 Å². The summed E-state index contributed by atoms with van der Waals surface area (Å²) in [6.07, 6.45) is 4.31. The summed E-state index contributed by atoms with van der Waals surface area (Å²) in [5.41, 5.74) is 4.96. The Morgan fingerprint density at radius 1 is 1.15 bits per heavy atom. The molecule has 2 aromatic carbocycles. The lowest BCUT2D eigenvalue weighted by Gasteiger charge is -2.29. The molecule has 1 aliphatic heterocycles. The first-order valence-electron chi connectivity index (χ1n) is 11.0. The molecule has 0 spiro atoms. The Morgan fingerprint density at radius 3 is 2.82 bits per heavy atom. The minimum atomic E-state index is -0.214. The highest BCUT2D eigenvalue weighted by Crippen LogP contribution is 2.25. The van der Waals surface area contributed by atoms with E-state index < -0.39 is 0 Å². The number of benzene rings is 2. The van der Waals surface area contributed by atoms with Crippen LogP contribution in [-0.4, -0.2) is 45.7 Å². The van der Waals surface area contributed by atoms with Gasteiger partial charge in [0.1, 0.15) is 5.75 Å². The zero-order valence-corrected chi connectivity index (χ0v) is 18.7. The molecular weight excluding hydrogens is 432 g/mol. The highest BCUT2D eigenvalue weighted by Gasteiger charge is 2.23. The SMILES string of the molecule is COc1ccc(CNC(=O)c2cccc(NC(=O)N3CCc4c(cnc5[nH]ncc45)C3)c2)cc1. The number of fused-ring (bicyclic) bond motifs is 3. The first-order chi connectivity index (χ1) is 16.6. The number of rotatable bonds is 5. The van der Waals surface area contributed by atoms with Gasteiger partial charge in [-0.25, -0.2) is 9.78 Å². The molecule has 9 heteroatoms. The second-order valence-electron chi connectivity index (χ2n) is 8.11. The molecule has 2 aromatic heterocycles. The highest BCUT2D eigenvalue weighted by atomic mass is 16.5. The maximum absolute atomic E-state index is 12.9. The predicted octanol–water partition coefficient (Wildman–Crippen LogP) is 3.49. The Kier molecular flexibility index (Phi) is 5.82. The number of hydrogen-bond acceptors (Lipinski definition) is 5. The average Bonchev–Trinajstić information content (AvgIpc) is 3.37. The van der Waals surface area contributed by atoms with Crippen LogP contribution in [-0.2, 0) is 19.5 Å².